The van der Waals surface area contributed by atoms with Crippen molar-refractivity contribution >= 4 is 40.5 Å². The fourth-order valence-electron chi connectivity index (χ4n) is 6.83. The summed E-state index contributed by atoms with van der Waals surface area (Å²) in [6.45, 7) is 5.64. The Morgan fingerprint density at radius 3 is 2.05 bits per heavy atom. The van der Waals surface area contributed by atoms with E-state index >= 15 is 0 Å². The standard InChI is InChI=1S/C44H47N3O8/c1-2-36(30-9-4-3-5-10-30)41(31-11-16-34(48)17-12-31)32-13-18-35(19-14-32)55-28-8-27-54-26-7-25-53-24-6-23-45-33-15-20-37-38(29-33)44(52)47(43(37)51)39-21-22-40(49)46-42(39)50/h3-5,9-20,29,39,45,48H,2,6-8,21-28H2,1H3,(H,46,49,50)/b41-36-. The number of hydrogen-bond donors (Lipinski definition) is 3. The molecule has 4 aromatic carbocycles. The minimum absolute atomic E-state index is 0.0825. The number of imide groups is 2. The van der Waals surface area contributed by atoms with E-state index in [-0.39, 0.29) is 29.7 Å². The van der Waals surface area contributed by atoms with Crippen molar-refractivity contribution in [2.24, 2.45) is 0 Å². The average Bonchev–Trinajstić information content (AvgIpc) is 3.44. The topological polar surface area (TPSA) is 144 Å². The van der Waals surface area contributed by atoms with E-state index in [0.29, 0.717) is 45.3 Å². The molecule has 0 bridgehead atoms. The molecule has 0 saturated carbocycles. The number of piperidine rings is 1. The molecule has 55 heavy (non-hydrogen) atoms. The number of carbonyl (C=O) groups excluding carboxylic acids is 4. The van der Waals surface area contributed by atoms with E-state index in [1.807, 2.05) is 30.3 Å². The molecule has 1 atom stereocenters. The number of hydrogen-bond acceptors (Lipinski definition) is 9. The summed E-state index contributed by atoms with van der Waals surface area (Å²) in [7, 11) is 0. The van der Waals surface area contributed by atoms with E-state index in [2.05, 4.69) is 54.0 Å². The summed E-state index contributed by atoms with van der Waals surface area (Å²) in [6.07, 6.45) is 3.34. The first-order valence-electron chi connectivity index (χ1n) is 18.9. The largest absolute Gasteiger partial charge is 0.508 e. The van der Waals surface area contributed by atoms with Gasteiger partial charge in [-0.3, -0.25) is 29.4 Å². The molecule has 0 aromatic heterocycles. The average molecular weight is 746 g/mol. The number of rotatable bonds is 19. The predicted molar refractivity (Wildman–Crippen MR) is 210 cm³/mol. The van der Waals surface area contributed by atoms with Gasteiger partial charge in [-0.15, -0.1) is 0 Å². The highest BCUT2D eigenvalue weighted by atomic mass is 16.5. The molecule has 4 aromatic rings. The number of fused-ring (bicyclic) bond motifs is 1. The first-order valence-corrected chi connectivity index (χ1v) is 18.9. The highest BCUT2D eigenvalue weighted by Gasteiger charge is 2.44. The van der Waals surface area contributed by atoms with Gasteiger partial charge in [-0.25, -0.2) is 0 Å². The number of nitrogens with one attached hydrogen (secondary N) is 2. The minimum atomic E-state index is -0.982. The Balaban J connectivity index is 0.845. The zero-order chi connectivity index (χ0) is 38.6. The van der Waals surface area contributed by atoms with Crippen LogP contribution < -0.4 is 15.4 Å². The predicted octanol–water partition coefficient (Wildman–Crippen LogP) is 6.86. The summed E-state index contributed by atoms with van der Waals surface area (Å²) in [5, 5.41) is 15.4. The Kier molecular flexibility index (Phi) is 13.5. The van der Waals surface area contributed by atoms with Gasteiger partial charge in [-0.2, -0.15) is 0 Å². The van der Waals surface area contributed by atoms with E-state index in [9.17, 15) is 24.3 Å². The van der Waals surface area contributed by atoms with Gasteiger partial charge in [0.2, 0.25) is 11.8 Å². The SMILES string of the molecule is CC/C(=C(\c1ccc(O)cc1)c1ccc(OCCCOCCCOCCCNc2ccc3c(c2)C(=O)N(C2CCC(=O)NC2=O)C3=O)cc1)c1ccccc1. The van der Waals surface area contributed by atoms with E-state index in [4.69, 9.17) is 14.2 Å². The molecule has 286 valence electrons. The Morgan fingerprint density at radius 1 is 0.745 bits per heavy atom. The molecular weight excluding hydrogens is 698 g/mol. The monoisotopic (exact) mass is 745 g/mol. The summed E-state index contributed by atoms with van der Waals surface area (Å²) in [5.74, 6) is -1.04. The van der Waals surface area contributed by atoms with E-state index in [1.165, 1.54) is 11.1 Å². The summed E-state index contributed by atoms with van der Waals surface area (Å²) in [4.78, 5) is 50.6. The van der Waals surface area contributed by atoms with Crippen LogP contribution in [0.1, 0.15) is 82.9 Å². The van der Waals surface area contributed by atoms with Gasteiger partial charge in [-0.05, 0) is 96.0 Å². The molecule has 1 saturated heterocycles. The van der Waals surface area contributed by atoms with Crippen LogP contribution in [-0.2, 0) is 19.1 Å². The third-order valence-electron chi connectivity index (χ3n) is 9.59. The van der Waals surface area contributed by atoms with Crippen molar-refractivity contribution in [1.82, 2.24) is 10.2 Å². The number of anilines is 1. The molecule has 3 N–H and O–H groups in total. The van der Waals surface area contributed by atoms with Gasteiger partial charge in [-0.1, -0.05) is 61.5 Å². The van der Waals surface area contributed by atoms with Crippen molar-refractivity contribution in [1.29, 1.82) is 0 Å². The van der Waals surface area contributed by atoms with Gasteiger partial charge in [0.25, 0.3) is 11.8 Å². The minimum Gasteiger partial charge on any atom is -0.508 e. The number of carbonyl (C=O) groups is 4. The molecule has 0 aliphatic carbocycles. The molecule has 0 radical (unpaired) electrons. The number of benzene rings is 4. The number of nitrogens with zero attached hydrogens (tertiary/aromatic N) is 1. The molecule has 4 amide bonds. The number of amides is 4. The van der Waals surface area contributed by atoms with E-state index < -0.39 is 29.7 Å². The maximum atomic E-state index is 13.0. The van der Waals surface area contributed by atoms with Crippen LogP contribution >= 0.6 is 0 Å². The van der Waals surface area contributed by atoms with Crippen molar-refractivity contribution in [3.05, 3.63) is 125 Å². The van der Waals surface area contributed by atoms with Gasteiger partial charge in [0.1, 0.15) is 17.5 Å². The molecule has 0 spiro atoms. The Morgan fingerprint density at radius 2 is 1.38 bits per heavy atom. The molecule has 6 rings (SSSR count). The molecule has 11 nitrogen and oxygen atoms in total. The Bertz CT molecular complexity index is 1990. The Labute approximate surface area is 321 Å². The lowest BCUT2D eigenvalue weighted by Gasteiger charge is -2.27. The van der Waals surface area contributed by atoms with Gasteiger partial charge < -0.3 is 24.6 Å². The number of aromatic hydroxyl groups is 1. The van der Waals surface area contributed by atoms with Crippen LogP contribution in [0, 0.1) is 0 Å². The second-order valence-corrected chi connectivity index (χ2v) is 13.4. The van der Waals surface area contributed by atoms with Crippen LogP contribution in [0.2, 0.25) is 0 Å². The normalized spacial score (nSPS) is 15.8. The smallest absolute Gasteiger partial charge is 0.262 e. The summed E-state index contributed by atoms with van der Waals surface area (Å²) >= 11 is 0. The lowest BCUT2D eigenvalue weighted by molar-refractivity contribution is -0.136. The van der Waals surface area contributed by atoms with Gasteiger partial charge in [0, 0.05) is 51.5 Å². The van der Waals surface area contributed by atoms with Crippen LogP contribution in [0.25, 0.3) is 11.1 Å². The lowest BCUT2D eigenvalue weighted by atomic mass is 9.88. The molecule has 2 aliphatic heterocycles. The zero-order valence-electron chi connectivity index (χ0n) is 31.1. The molecule has 2 heterocycles. The maximum absolute atomic E-state index is 13.0. The zero-order valence-corrected chi connectivity index (χ0v) is 31.1. The van der Waals surface area contributed by atoms with Gasteiger partial charge >= 0.3 is 0 Å². The fraction of sp³-hybridized carbons (Fsp3) is 0.318. The van der Waals surface area contributed by atoms with Crippen LogP contribution in [0.3, 0.4) is 0 Å². The maximum Gasteiger partial charge on any atom is 0.262 e. The number of phenolic OH excluding ortho intramolecular Hbond substituents is 1. The van der Waals surface area contributed by atoms with Crippen molar-refractivity contribution in [3.63, 3.8) is 0 Å². The molecule has 1 fully saturated rings. The van der Waals surface area contributed by atoms with Gasteiger partial charge in [0.05, 0.1) is 17.7 Å². The number of ether oxygens (including phenoxy) is 3. The number of allylic oxidation sites excluding steroid dienone is 1. The van der Waals surface area contributed by atoms with Crippen LogP contribution in [0.5, 0.6) is 11.5 Å². The van der Waals surface area contributed by atoms with Crippen LogP contribution in [0.15, 0.2) is 97.1 Å². The third kappa shape index (κ3) is 9.86. The number of phenols is 1. The third-order valence-corrected chi connectivity index (χ3v) is 9.59. The molecule has 1 unspecified atom stereocenters. The fourth-order valence-corrected chi connectivity index (χ4v) is 6.83. The highest BCUT2D eigenvalue weighted by molar-refractivity contribution is 6.23. The van der Waals surface area contributed by atoms with Crippen molar-refractivity contribution in [2.45, 2.75) is 51.5 Å². The highest BCUT2D eigenvalue weighted by Crippen LogP contribution is 2.36. The summed E-state index contributed by atoms with van der Waals surface area (Å²) < 4.78 is 17.5. The summed E-state index contributed by atoms with van der Waals surface area (Å²) in [6, 6.07) is 29.9. The quantitative estimate of drug-likeness (QED) is 0.0533. The van der Waals surface area contributed by atoms with E-state index in [1.54, 1.807) is 30.3 Å². The second kappa shape index (κ2) is 19.0. The van der Waals surface area contributed by atoms with Gasteiger partial charge in [0.15, 0.2) is 0 Å². The van der Waals surface area contributed by atoms with Crippen LogP contribution in [0.4, 0.5) is 5.69 Å². The first-order chi connectivity index (χ1) is 26.8. The van der Waals surface area contributed by atoms with Crippen LogP contribution in [-0.4, -0.2) is 79.3 Å². The second-order valence-electron chi connectivity index (χ2n) is 13.4. The molecule has 11 heteroatoms. The summed E-state index contributed by atoms with van der Waals surface area (Å²) in [5.41, 5.74) is 6.85. The van der Waals surface area contributed by atoms with Crippen molar-refractivity contribution < 1.29 is 38.5 Å². The van der Waals surface area contributed by atoms with Crippen molar-refractivity contribution in [3.8, 4) is 11.5 Å². The molecular formula is C44H47N3O8. The molecule has 2 aliphatic rings. The van der Waals surface area contributed by atoms with E-state index in [0.717, 1.165) is 53.0 Å². The Hall–Kier alpha value is -5.78. The first kappa shape index (κ1) is 38.9. The lowest BCUT2D eigenvalue weighted by Crippen LogP contribution is -2.54. The van der Waals surface area contributed by atoms with Crippen molar-refractivity contribution in [2.75, 3.05) is 44.9 Å².